The monoisotopic (exact) mass is 370 g/mol. The van der Waals surface area contributed by atoms with Gasteiger partial charge >= 0.3 is 0 Å². The normalized spacial score (nSPS) is 17.0. The van der Waals surface area contributed by atoms with Crippen LogP contribution in [0.1, 0.15) is 18.5 Å². The van der Waals surface area contributed by atoms with Crippen molar-refractivity contribution in [1.29, 1.82) is 0 Å². The van der Waals surface area contributed by atoms with Crippen molar-refractivity contribution in [1.82, 2.24) is 10.2 Å². The Bertz CT molecular complexity index is 387. The maximum atomic E-state index is 5.25. The molecule has 6 heteroatoms. The molecule has 2 rings (SSSR count). The van der Waals surface area contributed by atoms with E-state index in [4.69, 9.17) is 4.74 Å². The molecule has 0 bridgehead atoms. The highest BCUT2D eigenvalue weighted by molar-refractivity contribution is 9.10. The summed E-state index contributed by atoms with van der Waals surface area (Å²) >= 11 is 3.54. The first kappa shape index (κ1) is 19.0. The first-order chi connectivity index (χ1) is 8.22. The number of hydrogen-bond acceptors (Lipinski definition) is 3. The summed E-state index contributed by atoms with van der Waals surface area (Å²) in [5.74, 6) is 0.890. The Morgan fingerprint density at radius 2 is 1.89 bits per heavy atom. The summed E-state index contributed by atoms with van der Waals surface area (Å²) < 4.78 is 6.28. The van der Waals surface area contributed by atoms with Gasteiger partial charge in [-0.2, -0.15) is 0 Å². The van der Waals surface area contributed by atoms with Crippen molar-refractivity contribution in [3.63, 3.8) is 0 Å². The van der Waals surface area contributed by atoms with Gasteiger partial charge in [-0.05, 0) is 40.5 Å². The number of benzene rings is 1. The Labute approximate surface area is 136 Å². The number of methoxy groups -OCH3 is 1. The van der Waals surface area contributed by atoms with Crippen LogP contribution in [0.4, 0.5) is 0 Å². The maximum Gasteiger partial charge on any atom is 0.133 e. The van der Waals surface area contributed by atoms with E-state index in [0.717, 1.165) is 36.4 Å². The van der Waals surface area contributed by atoms with Crippen LogP contribution in [0.3, 0.4) is 0 Å². The van der Waals surface area contributed by atoms with Crippen LogP contribution in [0.25, 0.3) is 0 Å². The van der Waals surface area contributed by atoms with Crippen molar-refractivity contribution in [2.24, 2.45) is 0 Å². The van der Waals surface area contributed by atoms with Gasteiger partial charge in [-0.1, -0.05) is 6.07 Å². The zero-order chi connectivity index (χ0) is 12.3. The van der Waals surface area contributed by atoms with Gasteiger partial charge in [0.05, 0.1) is 11.6 Å². The average molecular weight is 372 g/mol. The van der Waals surface area contributed by atoms with Crippen LogP contribution in [0.5, 0.6) is 5.75 Å². The predicted octanol–water partition coefficient (Wildman–Crippen LogP) is 3.27. The van der Waals surface area contributed by atoms with Crippen molar-refractivity contribution in [2.45, 2.75) is 13.0 Å². The highest BCUT2D eigenvalue weighted by atomic mass is 79.9. The lowest BCUT2D eigenvalue weighted by Gasteiger charge is -2.33. The molecule has 0 aliphatic carbocycles. The van der Waals surface area contributed by atoms with Crippen molar-refractivity contribution in [2.75, 3.05) is 33.3 Å². The molecule has 0 unspecified atom stereocenters. The molecule has 0 amide bonds. The first-order valence-corrected chi connectivity index (χ1v) is 6.80. The number of rotatable bonds is 3. The number of nitrogens with zero attached hydrogens (tertiary/aromatic N) is 1. The van der Waals surface area contributed by atoms with Gasteiger partial charge in [-0.25, -0.2) is 0 Å². The van der Waals surface area contributed by atoms with Crippen LogP contribution in [0, 0.1) is 0 Å². The van der Waals surface area contributed by atoms with Gasteiger partial charge in [0.25, 0.3) is 0 Å². The molecule has 0 aromatic heterocycles. The Morgan fingerprint density at radius 3 is 2.42 bits per heavy atom. The standard InChI is InChI=1S/C13H19BrN2O.2ClH/c1-10(16-7-5-15-6-8-16)11-3-4-13(17-2)12(14)9-11;;/h3-4,9-10,15H,5-8H2,1-2H3;2*1H/t10-;;/m0../s1. The molecule has 1 saturated heterocycles. The Balaban J connectivity index is 0.00000162. The fourth-order valence-electron chi connectivity index (χ4n) is 2.22. The minimum Gasteiger partial charge on any atom is -0.496 e. The topological polar surface area (TPSA) is 24.5 Å². The number of ether oxygens (including phenoxy) is 1. The molecule has 110 valence electrons. The number of hydrogen-bond donors (Lipinski definition) is 1. The summed E-state index contributed by atoms with van der Waals surface area (Å²) in [5.41, 5.74) is 1.33. The summed E-state index contributed by atoms with van der Waals surface area (Å²) in [5, 5.41) is 3.38. The summed E-state index contributed by atoms with van der Waals surface area (Å²) in [7, 11) is 1.69. The zero-order valence-electron chi connectivity index (χ0n) is 11.2. The van der Waals surface area contributed by atoms with Crippen LogP contribution in [-0.2, 0) is 0 Å². The van der Waals surface area contributed by atoms with Crippen molar-refractivity contribution >= 4 is 40.7 Å². The van der Waals surface area contributed by atoms with Gasteiger partial charge in [0.15, 0.2) is 0 Å². The predicted molar refractivity (Wildman–Crippen MR) is 88.0 cm³/mol. The maximum absolute atomic E-state index is 5.25. The van der Waals surface area contributed by atoms with E-state index in [1.54, 1.807) is 7.11 Å². The zero-order valence-corrected chi connectivity index (χ0v) is 14.4. The van der Waals surface area contributed by atoms with E-state index in [0.29, 0.717) is 6.04 Å². The SMILES string of the molecule is COc1ccc([C@H](C)N2CCNCC2)cc1Br.Cl.Cl. The lowest BCUT2D eigenvalue weighted by Crippen LogP contribution is -2.44. The molecular formula is C13H21BrCl2N2O. The molecule has 1 aromatic carbocycles. The number of piperazine rings is 1. The van der Waals surface area contributed by atoms with E-state index in [9.17, 15) is 0 Å². The lowest BCUT2D eigenvalue weighted by molar-refractivity contribution is 0.185. The fraction of sp³-hybridized carbons (Fsp3) is 0.538. The molecule has 1 heterocycles. The van der Waals surface area contributed by atoms with E-state index in [1.807, 2.05) is 6.07 Å². The minimum absolute atomic E-state index is 0. The molecule has 1 atom stereocenters. The molecule has 1 aliphatic heterocycles. The van der Waals surface area contributed by atoms with Crippen LogP contribution in [0.2, 0.25) is 0 Å². The van der Waals surface area contributed by atoms with Gasteiger partial charge in [-0.15, -0.1) is 24.8 Å². The quantitative estimate of drug-likeness (QED) is 0.882. The summed E-state index contributed by atoms with van der Waals surface area (Å²) in [4.78, 5) is 2.50. The average Bonchev–Trinajstić information content (AvgIpc) is 2.39. The Kier molecular flexibility index (Phi) is 9.03. The van der Waals surface area contributed by atoms with E-state index in [2.05, 4.69) is 45.2 Å². The van der Waals surface area contributed by atoms with Gasteiger partial charge in [0.2, 0.25) is 0 Å². The molecule has 0 radical (unpaired) electrons. The van der Waals surface area contributed by atoms with E-state index in [1.165, 1.54) is 5.56 Å². The highest BCUT2D eigenvalue weighted by Crippen LogP contribution is 2.30. The van der Waals surface area contributed by atoms with Crippen LogP contribution in [-0.4, -0.2) is 38.2 Å². The molecule has 0 saturated carbocycles. The van der Waals surface area contributed by atoms with Gasteiger partial charge in [0, 0.05) is 32.2 Å². The molecule has 1 aromatic rings. The first-order valence-electron chi connectivity index (χ1n) is 6.00. The molecule has 19 heavy (non-hydrogen) atoms. The summed E-state index contributed by atoms with van der Waals surface area (Å²) in [6, 6.07) is 6.79. The molecule has 3 nitrogen and oxygen atoms in total. The highest BCUT2D eigenvalue weighted by Gasteiger charge is 2.18. The van der Waals surface area contributed by atoms with Gasteiger partial charge < -0.3 is 10.1 Å². The molecule has 1 aliphatic rings. The van der Waals surface area contributed by atoms with Crippen LogP contribution < -0.4 is 10.1 Å². The Hall–Kier alpha value is -0.000000000000000111. The smallest absolute Gasteiger partial charge is 0.133 e. The van der Waals surface area contributed by atoms with Crippen LogP contribution in [0.15, 0.2) is 22.7 Å². The lowest BCUT2D eigenvalue weighted by atomic mass is 10.1. The van der Waals surface area contributed by atoms with Crippen LogP contribution >= 0.6 is 40.7 Å². The second-order valence-electron chi connectivity index (χ2n) is 4.36. The largest absolute Gasteiger partial charge is 0.496 e. The second kappa shape index (κ2) is 9.03. The number of nitrogens with one attached hydrogen (secondary N) is 1. The summed E-state index contributed by atoms with van der Waals surface area (Å²) in [6.45, 7) is 6.67. The van der Waals surface area contributed by atoms with Crippen molar-refractivity contribution < 1.29 is 4.74 Å². The van der Waals surface area contributed by atoms with Crippen molar-refractivity contribution in [3.8, 4) is 5.75 Å². The molecule has 0 spiro atoms. The molecule has 1 fully saturated rings. The van der Waals surface area contributed by atoms with Gasteiger partial charge in [-0.3, -0.25) is 4.90 Å². The van der Waals surface area contributed by atoms with Crippen molar-refractivity contribution in [3.05, 3.63) is 28.2 Å². The van der Waals surface area contributed by atoms with E-state index in [-0.39, 0.29) is 24.8 Å². The van der Waals surface area contributed by atoms with E-state index < -0.39 is 0 Å². The van der Waals surface area contributed by atoms with E-state index >= 15 is 0 Å². The fourth-order valence-corrected chi connectivity index (χ4v) is 2.78. The summed E-state index contributed by atoms with van der Waals surface area (Å²) in [6.07, 6.45) is 0. The third-order valence-corrected chi connectivity index (χ3v) is 3.98. The minimum atomic E-state index is 0. The second-order valence-corrected chi connectivity index (χ2v) is 5.21. The third-order valence-electron chi connectivity index (χ3n) is 3.36. The number of halogens is 3. The molecule has 1 N–H and O–H groups in total. The third kappa shape index (κ3) is 4.80. The van der Waals surface area contributed by atoms with Gasteiger partial charge in [0.1, 0.15) is 5.75 Å². The molecular weight excluding hydrogens is 351 g/mol. The Morgan fingerprint density at radius 1 is 1.26 bits per heavy atom.